The lowest BCUT2D eigenvalue weighted by Gasteiger charge is -2.30. The maximum atomic E-state index is 5.60. The molecule has 4 nitrogen and oxygen atoms in total. The molecule has 1 aliphatic heterocycles. The van der Waals surface area contributed by atoms with Gasteiger partial charge < -0.3 is 9.64 Å². The number of ether oxygens (including phenoxy) is 1. The average molecular weight is 229 g/mol. The monoisotopic (exact) mass is 229 g/mol. The number of nitrogens with one attached hydrogen (secondary N) is 1. The first-order chi connectivity index (χ1) is 6.91. The lowest BCUT2D eigenvalue weighted by atomic mass is 9.97. The highest BCUT2D eigenvalue weighted by molar-refractivity contribution is 7.80. The molecule has 0 saturated carbocycles. The van der Waals surface area contributed by atoms with Crippen molar-refractivity contribution < 1.29 is 4.74 Å². The molecule has 1 heterocycles. The topological polar surface area (TPSA) is 36.9 Å². The van der Waals surface area contributed by atoms with Gasteiger partial charge in [-0.2, -0.15) is 5.10 Å². The fourth-order valence-corrected chi connectivity index (χ4v) is 1.44. The van der Waals surface area contributed by atoms with Crippen molar-refractivity contribution in [2.75, 3.05) is 20.7 Å². The second-order valence-corrected chi connectivity index (χ2v) is 4.91. The number of hydrogen-bond donors (Lipinski definition) is 1. The largest absolute Gasteiger partial charge is 0.375 e. The van der Waals surface area contributed by atoms with Gasteiger partial charge in [0.25, 0.3) is 0 Å². The molecule has 15 heavy (non-hydrogen) atoms. The zero-order valence-corrected chi connectivity index (χ0v) is 10.6. The summed E-state index contributed by atoms with van der Waals surface area (Å²) in [5.74, 6) is 0. The van der Waals surface area contributed by atoms with Crippen LogP contribution < -0.4 is 5.43 Å². The Morgan fingerprint density at radius 3 is 2.73 bits per heavy atom. The van der Waals surface area contributed by atoms with Crippen LogP contribution in [0.4, 0.5) is 0 Å². The van der Waals surface area contributed by atoms with Gasteiger partial charge in [0.2, 0.25) is 0 Å². The maximum Gasteiger partial charge on any atom is 0.189 e. The molecule has 0 unspecified atom stereocenters. The van der Waals surface area contributed by atoms with Crippen LogP contribution in [-0.4, -0.2) is 42.0 Å². The Bertz CT molecular complexity index is 274. The summed E-state index contributed by atoms with van der Waals surface area (Å²) in [6.45, 7) is 4.89. The van der Waals surface area contributed by atoms with Gasteiger partial charge >= 0.3 is 0 Å². The van der Waals surface area contributed by atoms with Crippen LogP contribution in [-0.2, 0) is 4.74 Å². The Hall–Kier alpha value is -0.680. The Morgan fingerprint density at radius 1 is 1.53 bits per heavy atom. The predicted octanol–water partition coefficient (Wildman–Crippen LogP) is 1.37. The molecule has 0 bridgehead atoms. The highest BCUT2D eigenvalue weighted by Gasteiger charge is 2.25. The summed E-state index contributed by atoms with van der Waals surface area (Å²) in [4.78, 5) is 1.82. The molecule has 0 aromatic heterocycles. The Labute approximate surface area is 96.7 Å². The summed E-state index contributed by atoms with van der Waals surface area (Å²) in [5.41, 5.74) is 3.90. The zero-order valence-electron chi connectivity index (χ0n) is 9.83. The van der Waals surface area contributed by atoms with Crippen LogP contribution in [0.15, 0.2) is 5.10 Å². The van der Waals surface area contributed by atoms with Gasteiger partial charge in [0.1, 0.15) is 0 Å². The smallest absolute Gasteiger partial charge is 0.189 e. The quantitative estimate of drug-likeness (QED) is 0.544. The summed E-state index contributed by atoms with van der Waals surface area (Å²) in [6, 6.07) is 0. The van der Waals surface area contributed by atoms with E-state index in [0.717, 1.165) is 25.2 Å². The Kier molecular flexibility index (Phi) is 4.04. The van der Waals surface area contributed by atoms with E-state index in [1.807, 2.05) is 19.0 Å². The third kappa shape index (κ3) is 4.13. The first-order valence-electron chi connectivity index (χ1n) is 5.07. The van der Waals surface area contributed by atoms with E-state index in [2.05, 4.69) is 24.4 Å². The van der Waals surface area contributed by atoms with Crippen LogP contribution in [0.2, 0.25) is 0 Å². The number of nitrogens with zero attached hydrogens (tertiary/aromatic N) is 2. The van der Waals surface area contributed by atoms with E-state index in [0.29, 0.717) is 5.11 Å². The molecule has 86 valence electrons. The van der Waals surface area contributed by atoms with Gasteiger partial charge in [0.15, 0.2) is 5.11 Å². The van der Waals surface area contributed by atoms with Gasteiger partial charge in [-0.3, -0.25) is 5.43 Å². The summed E-state index contributed by atoms with van der Waals surface area (Å²) >= 11 is 5.08. The van der Waals surface area contributed by atoms with Crippen molar-refractivity contribution in [2.24, 2.45) is 5.10 Å². The molecule has 1 rings (SSSR count). The molecule has 1 aliphatic rings. The molecule has 0 atom stereocenters. The summed E-state index contributed by atoms with van der Waals surface area (Å²) in [5, 5.41) is 4.94. The Balaban J connectivity index is 2.49. The number of rotatable bonds is 1. The van der Waals surface area contributed by atoms with Crippen molar-refractivity contribution in [2.45, 2.75) is 32.3 Å². The zero-order chi connectivity index (χ0) is 11.5. The Morgan fingerprint density at radius 2 is 2.20 bits per heavy atom. The van der Waals surface area contributed by atoms with Gasteiger partial charge in [-0.15, -0.1) is 0 Å². The molecule has 0 aromatic rings. The predicted molar refractivity (Wildman–Crippen MR) is 66.1 cm³/mol. The van der Waals surface area contributed by atoms with Gasteiger partial charge in [-0.1, -0.05) is 0 Å². The van der Waals surface area contributed by atoms with E-state index in [9.17, 15) is 0 Å². The van der Waals surface area contributed by atoms with Crippen molar-refractivity contribution in [3.63, 3.8) is 0 Å². The molecule has 5 heteroatoms. The molecular weight excluding hydrogens is 210 g/mol. The van der Waals surface area contributed by atoms with Gasteiger partial charge in [-0.05, 0) is 26.1 Å². The third-order valence-corrected chi connectivity index (χ3v) is 2.69. The molecule has 1 N–H and O–H groups in total. The van der Waals surface area contributed by atoms with Crippen molar-refractivity contribution in [1.82, 2.24) is 10.3 Å². The first-order valence-corrected chi connectivity index (χ1v) is 5.48. The summed E-state index contributed by atoms with van der Waals surface area (Å²) < 4.78 is 5.60. The third-order valence-electron chi connectivity index (χ3n) is 2.23. The lowest BCUT2D eigenvalue weighted by Crippen LogP contribution is -2.37. The van der Waals surface area contributed by atoms with Crippen LogP contribution in [0.3, 0.4) is 0 Å². The highest BCUT2D eigenvalue weighted by atomic mass is 32.1. The molecule has 0 aromatic carbocycles. The van der Waals surface area contributed by atoms with Crippen molar-refractivity contribution >= 4 is 23.0 Å². The molecule has 0 radical (unpaired) electrons. The second-order valence-electron chi connectivity index (χ2n) is 4.52. The highest BCUT2D eigenvalue weighted by Crippen LogP contribution is 2.21. The van der Waals surface area contributed by atoms with Crippen LogP contribution in [0.25, 0.3) is 0 Å². The van der Waals surface area contributed by atoms with Crippen molar-refractivity contribution in [3.05, 3.63) is 0 Å². The normalized spacial score (nSPS) is 22.5. The van der Waals surface area contributed by atoms with E-state index in [4.69, 9.17) is 17.0 Å². The fourth-order valence-electron chi connectivity index (χ4n) is 1.40. The minimum atomic E-state index is -0.0987. The lowest BCUT2D eigenvalue weighted by molar-refractivity contribution is -0.0200. The minimum absolute atomic E-state index is 0.0987. The molecule has 1 fully saturated rings. The molecule has 0 spiro atoms. The molecule has 0 aliphatic carbocycles. The van der Waals surface area contributed by atoms with Crippen molar-refractivity contribution in [1.29, 1.82) is 0 Å². The number of hydrazone groups is 1. The van der Waals surface area contributed by atoms with E-state index in [-0.39, 0.29) is 5.60 Å². The van der Waals surface area contributed by atoms with E-state index < -0.39 is 0 Å². The average Bonchev–Trinajstić information content (AvgIpc) is 2.12. The summed E-state index contributed by atoms with van der Waals surface area (Å²) in [6.07, 6.45) is 1.74. The first kappa shape index (κ1) is 12.4. The number of hydrogen-bond acceptors (Lipinski definition) is 3. The van der Waals surface area contributed by atoms with E-state index in [1.54, 1.807) is 0 Å². The van der Waals surface area contributed by atoms with Crippen LogP contribution in [0.1, 0.15) is 26.7 Å². The standard InChI is InChI=1S/C10H19N3OS/c1-10(2)7-8(5-6-14-10)11-12-9(15)13(3)4/h5-7H2,1-4H3,(H,12,15)/b11-8+. The SMILES string of the molecule is CN(C)C(=S)N/N=C1\CCOC(C)(C)C1. The maximum absolute atomic E-state index is 5.60. The van der Waals surface area contributed by atoms with E-state index >= 15 is 0 Å². The number of thiocarbonyl (C=S) groups is 1. The van der Waals surface area contributed by atoms with Gasteiger partial charge in [-0.25, -0.2) is 0 Å². The summed E-state index contributed by atoms with van der Waals surface area (Å²) in [7, 11) is 3.78. The van der Waals surface area contributed by atoms with Crippen LogP contribution >= 0.6 is 12.2 Å². The van der Waals surface area contributed by atoms with E-state index in [1.165, 1.54) is 0 Å². The minimum Gasteiger partial charge on any atom is -0.375 e. The van der Waals surface area contributed by atoms with Crippen LogP contribution in [0, 0.1) is 0 Å². The second kappa shape index (κ2) is 4.90. The fraction of sp³-hybridized carbons (Fsp3) is 0.800. The molecular formula is C10H19N3OS. The van der Waals surface area contributed by atoms with Crippen molar-refractivity contribution in [3.8, 4) is 0 Å². The van der Waals surface area contributed by atoms with Gasteiger partial charge in [0.05, 0.1) is 12.2 Å². The van der Waals surface area contributed by atoms with Crippen LogP contribution in [0.5, 0.6) is 0 Å². The molecule has 0 amide bonds. The molecule has 1 saturated heterocycles. The van der Waals surface area contributed by atoms with Gasteiger partial charge in [0, 0.05) is 32.6 Å².